The van der Waals surface area contributed by atoms with E-state index in [4.69, 9.17) is 10.8 Å². The van der Waals surface area contributed by atoms with Gasteiger partial charge in [0.05, 0.1) is 17.9 Å². The van der Waals surface area contributed by atoms with Crippen molar-refractivity contribution in [1.29, 1.82) is 0 Å². The minimum Gasteiger partial charge on any atom is -0.481 e. The van der Waals surface area contributed by atoms with Crippen LogP contribution in [0.5, 0.6) is 0 Å². The molecule has 0 unspecified atom stereocenters. The van der Waals surface area contributed by atoms with E-state index >= 15 is 0 Å². The van der Waals surface area contributed by atoms with E-state index in [0.717, 1.165) is 0 Å². The van der Waals surface area contributed by atoms with Gasteiger partial charge in [-0.2, -0.15) is 0 Å². The molecule has 0 aromatic rings. The molecule has 0 aromatic heterocycles. The first kappa shape index (κ1) is 10.5. The van der Waals surface area contributed by atoms with Crippen LogP contribution in [0.2, 0.25) is 0 Å². The van der Waals surface area contributed by atoms with Crippen LogP contribution in [0.1, 0.15) is 12.8 Å². The lowest BCUT2D eigenvalue weighted by molar-refractivity contribution is -0.138. The first-order chi connectivity index (χ1) is 5.91. The summed E-state index contributed by atoms with van der Waals surface area (Å²) in [4.78, 5) is 10.4. The number of hydrogen-bond donors (Lipinski definition) is 2. The Kier molecular flexibility index (Phi) is 2.92. The molecule has 1 rings (SSSR count). The highest BCUT2D eigenvalue weighted by Crippen LogP contribution is 2.20. The lowest BCUT2D eigenvalue weighted by atomic mass is 9.96. The lowest BCUT2D eigenvalue weighted by Crippen LogP contribution is -2.42. The van der Waals surface area contributed by atoms with Crippen LogP contribution in [0.15, 0.2) is 0 Å². The lowest BCUT2D eigenvalue weighted by Gasteiger charge is -2.26. The van der Waals surface area contributed by atoms with Gasteiger partial charge in [-0.15, -0.1) is 0 Å². The van der Waals surface area contributed by atoms with E-state index in [1.54, 1.807) is 0 Å². The second kappa shape index (κ2) is 3.63. The zero-order valence-electron chi connectivity index (χ0n) is 7.14. The summed E-state index contributed by atoms with van der Waals surface area (Å²) < 4.78 is 22.3. The van der Waals surface area contributed by atoms with E-state index in [1.807, 2.05) is 0 Å². The van der Waals surface area contributed by atoms with Gasteiger partial charge in [0.1, 0.15) is 0 Å². The van der Waals surface area contributed by atoms with Gasteiger partial charge in [0.2, 0.25) is 0 Å². The first-order valence-corrected chi connectivity index (χ1v) is 5.90. The van der Waals surface area contributed by atoms with Crippen LogP contribution in [-0.2, 0) is 14.6 Å². The topological polar surface area (TPSA) is 97.5 Å². The number of hydrogen-bond acceptors (Lipinski definition) is 4. The van der Waals surface area contributed by atoms with Crippen molar-refractivity contribution in [3.8, 4) is 0 Å². The molecule has 0 aliphatic carbocycles. The summed E-state index contributed by atoms with van der Waals surface area (Å²) in [5, 5.41) is 8.50. The Morgan fingerprint density at radius 3 is 2.69 bits per heavy atom. The monoisotopic (exact) mass is 207 g/mol. The van der Waals surface area contributed by atoms with Crippen molar-refractivity contribution in [3.63, 3.8) is 0 Å². The van der Waals surface area contributed by atoms with Crippen molar-refractivity contribution in [1.82, 2.24) is 0 Å². The fourth-order valence-electron chi connectivity index (χ4n) is 1.52. The molecule has 1 aliphatic heterocycles. The Bertz CT molecular complexity index is 298. The van der Waals surface area contributed by atoms with Crippen LogP contribution in [0.4, 0.5) is 0 Å². The minimum absolute atomic E-state index is 0.0829. The van der Waals surface area contributed by atoms with Gasteiger partial charge in [0, 0.05) is 6.04 Å². The molecule has 2 atom stereocenters. The van der Waals surface area contributed by atoms with E-state index in [2.05, 4.69) is 0 Å². The highest BCUT2D eigenvalue weighted by Gasteiger charge is 2.32. The summed E-state index contributed by atoms with van der Waals surface area (Å²) in [5.74, 6) is -1.40. The molecule has 1 aliphatic rings. The Morgan fingerprint density at radius 2 is 2.15 bits per heavy atom. The smallest absolute Gasteiger partial charge is 0.303 e. The number of nitrogens with two attached hydrogens (primary N) is 1. The Morgan fingerprint density at radius 1 is 1.54 bits per heavy atom. The standard InChI is InChI=1S/C7H13NO4S/c8-6-1-2-13(11,12)4-5(6)3-7(9)10/h5-6H,1-4,8H2,(H,9,10)/t5-,6-/m0/s1. The molecule has 0 amide bonds. The van der Waals surface area contributed by atoms with Gasteiger partial charge >= 0.3 is 5.97 Å². The third kappa shape index (κ3) is 2.96. The van der Waals surface area contributed by atoms with E-state index in [1.165, 1.54) is 0 Å². The fourth-order valence-corrected chi connectivity index (χ4v) is 3.33. The average Bonchev–Trinajstić information content (AvgIpc) is 1.95. The van der Waals surface area contributed by atoms with Gasteiger partial charge in [-0.3, -0.25) is 4.79 Å². The molecule has 0 aromatic carbocycles. The van der Waals surface area contributed by atoms with Crippen molar-refractivity contribution in [3.05, 3.63) is 0 Å². The fraction of sp³-hybridized carbons (Fsp3) is 0.857. The predicted molar refractivity (Wildman–Crippen MR) is 47.0 cm³/mol. The summed E-state index contributed by atoms with van der Waals surface area (Å²) in [6, 6.07) is -0.292. The van der Waals surface area contributed by atoms with Crippen LogP contribution in [-0.4, -0.2) is 37.0 Å². The Hall–Kier alpha value is -0.620. The molecule has 1 heterocycles. The molecule has 76 valence electrons. The zero-order chi connectivity index (χ0) is 10.1. The molecule has 3 N–H and O–H groups in total. The molecule has 1 fully saturated rings. The summed E-state index contributed by atoms with van der Waals surface area (Å²) in [6.07, 6.45) is 0.223. The molecule has 0 spiro atoms. The van der Waals surface area contributed by atoms with Crippen molar-refractivity contribution < 1.29 is 18.3 Å². The number of sulfone groups is 1. The van der Waals surface area contributed by atoms with Crippen LogP contribution in [0.3, 0.4) is 0 Å². The molecule has 5 nitrogen and oxygen atoms in total. The molecule has 6 heteroatoms. The van der Waals surface area contributed by atoms with Crippen molar-refractivity contribution >= 4 is 15.8 Å². The number of carboxylic acids is 1. The minimum atomic E-state index is -3.05. The van der Waals surface area contributed by atoms with Gasteiger partial charge in [0.25, 0.3) is 0 Å². The van der Waals surface area contributed by atoms with Gasteiger partial charge in [0.15, 0.2) is 9.84 Å². The second-order valence-electron chi connectivity index (χ2n) is 3.42. The summed E-state index contributed by atoms with van der Waals surface area (Å²) in [6.45, 7) is 0. The second-order valence-corrected chi connectivity index (χ2v) is 5.65. The molecule has 1 saturated heterocycles. The highest BCUT2D eigenvalue weighted by molar-refractivity contribution is 7.91. The van der Waals surface area contributed by atoms with Crippen LogP contribution >= 0.6 is 0 Å². The van der Waals surface area contributed by atoms with E-state index in [-0.39, 0.29) is 24.0 Å². The highest BCUT2D eigenvalue weighted by atomic mass is 32.2. The molecule has 0 bridgehead atoms. The Balaban J connectivity index is 2.66. The molecular weight excluding hydrogens is 194 g/mol. The van der Waals surface area contributed by atoms with E-state index < -0.39 is 21.7 Å². The molecule has 0 saturated carbocycles. The van der Waals surface area contributed by atoms with Gasteiger partial charge < -0.3 is 10.8 Å². The average molecular weight is 207 g/mol. The summed E-state index contributed by atoms with van der Waals surface area (Å²) in [5.41, 5.74) is 5.62. The quantitative estimate of drug-likeness (QED) is 0.619. The zero-order valence-corrected chi connectivity index (χ0v) is 7.96. The van der Waals surface area contributed by atoms with Crippen LogP contribution in [0, 0.1) is 5.92 Å². The molecule has 13 heavy (non-hydrogen) atoms. The van der Waals surface area contributed by atoms with E-state index in [0.29, 0.717) is 6.42 Å². The molecule has 0 radical (unpaired) electrons. The number of carbonyl (C=O) groups is 1. The third-order valence-electron chi connectivity index (χ3n) is 2.27. The SMILES string of the molecule is N[C@H]1CCS(=O)(=O)C[C@@H]1CC(=O)O. The van der Waals surface area contributed by atoms with Crippen molar-refractivity contribution in [2.24, 2.45) is 11.7 Å². The summed E-state index contributed by atoms with van der Waals surface area (Å²) in [7, 11) is -3.05. The van der Waals surface area contributed by atoms with Crippen LogP contribution < -0.4 is 5.73 Å². The van der Waals surface area contributed by atoms with Gasteiger partial charge in [-0.1, -0.05) is 0 Å². The number of carboxylic acid groups (broad SMARTS) is 1. The normalized spacial score (nSPS) is 32.7. The predicted octanol–water partition coefficient (Wildman–Crippen LogP) is -0.777. The summed E-state index contributed by atoms with van der Waals surface area (Å²) >= 11 is 0. The maximum atomic E-state index is 11.1. The van der Waals surface area contributed by atoms with E-state index in [9.17, 15) is 13.2 Å². The first-order valence-electron chi connectivity index (χ1n) is 4.08. The van der Waals surface area contributed by atoms with Crippen molar-refractivity contribution in [2.45, 2.75) is 18.9 Å². The number of aliphatic carboxylic acids is 1. The maximum absolute atomic E-state index is 11.1. The van der Waals surface area contributed by atoms with Crippen molar-refractivity contribution in [2.75, 3.05) is 11.5 Å². The van der Waals surface area contributed by atoms with Gasteiger partial charge in [-0.05, 0) is 12.3 Å². The largest absolute Gasteiger partial charge is 0.481 e. The number of rotatable bonds is 2. The van der Waals surface area contributed by atoms with Crippen LogP contribution in [0.25, 0.3) is 0 Å². The molecular formula is C7H13NO4S. The Labute approximate surface area is 76.8 Å². The third-order valence-corrected chi connectivity index (χ3v) is 4.07. The maximum Gasteiger partial charge on any atom is 0.303 e. The van der Waals surface area contributed by atoms with Gasteiger partial charge in [-0.25, -0.2) is 8.42 Å².